The minimum absolute atomic E-state index is 0.0510. The standard InChI is InChI=1S/C26H45N11O9/c1-13-22(43)37-17(21(27)42)10-19(40)30-8-4-3-6-15(23(44)32-11-20(41)35-18(12-38)25(46)33-13)36-24(45)16(34-14(2)39)7-5-9-31-26(28)29/h13,15-18,38H,3-12H2,1-2H3,(H2,27,42)(H,30,40)(H,32,44)(H,33,46)(H,34,39)(H,35,41)(H,36,45)(H,37,43)(H4,28,29,31)/t13-,15-,16-,17-,18-/m0/s1. The number of primary amides is 1. The second-order valence-electron chi connectivity index (χ2n) is 10.5. The lowest BCUT2D eigenvalue weighted by Gasteiger charge is -2.24. The summed E-state index contributed by atoms with van der Waals surface area (Å²) in [5.41, 5.74) is 15.9. The molecule has 1 aliphatic rings. The van der Waals surface area contributed by atoms with E-state index in [9.17, 15) is 43.5 Å². The van der Waals surface area contributed by atoms with E-state index in [4.69, 9.17) is 17.2 Å². The van der Waals surface area contributed by atoms with Crippen molar-refractivity contribution in [3.8, 4) is 0 Å². The summed E-state index contributed by atoms with van der Waals surface area (Å²) in [6, 6.07) is -6.39. The molecule has 20 nitrogen and oxygen atoms in total. The molecule has 20 heteroatoms. The number of carbonyl (C=O) groups excluding carboxylic acids is 8. The lowest BCUT2D eigenvalue weighted by molar-refractivity contribution is -0.134. The van der Waals surface area contributed by atoms with Gasteiger partial charge in [0, 0.05) is 20.0 Å². The first-order chi connectivity index (χ1) is 21.6. The van der Waals surface area contributed by atoms with E-state index < -0.39 is 97.0 Å². The number of nitrogens with zero attached hydrogens (tertiary/aromatic N) is 1. The Labute approximate surface area is 265 Å². The van der Waals surface area contributed by atoms with Crippen LogP contribution >= 0.6 is 0 Å². The number of nitrogens with two attached hydrogens (primary N) is 3. The molecule has 0 aromatic heterocycles. The van der Waals surface area contributed by atoms with E-state index in [0.29, 0.717) is 19.3 Å². The highest BCUT2D eigenvalue weighted by atomic mass is 16.3. The number of rotatable bonds is 9. The number of hydrogen-bond donors (Lipinski definition) is 11. The van der Waals surface area contributed by atoms with Crippen molar-refractivity contribution >= 4 is 53.2 Å². The second kappa shape index (κ2) is 20.1. The molecule has 14 N–H and O–H groups in total. The number of amides is 8. The summed E-state index contributed by atoms with van der Waals surface area (Å²) < 4.78 is 0. The molecule has 0 aliphatic carbocycles. The Hall–Kier alpha value is -5.01. The normalized spacial score (nSPS) is 23.2. The number of aliphatic hydroxyl groups excluding tert-OH is 1. The third-order valence-corrected chi connectivity index (χ3v) is 6.57. The summed E-state index contributed by atoms with van der Waals surface area (Å²) in [7, 11) is 0. The first-order valence-corrected chi connectivity index (χ1v) is 14.6. The molecule has 0 aromatic carbocycles. The van der Waals surface area contributed by atoms with Crippen molar-refractivity contribution < 1.29 is 43.5 Å². The van der Waals surface area contributed by atoms with E-state index in [0.717, 1.165) is 0 Å². The summed E-state index contributed by atoms with van der Waals surface area (Å²) >= 11 is 0. The minimum atomic E-state index is -1.52. The SMILES string of the molecule is CC(=O)N[C@@H](CCCN=C(N)N)C(=O)N[C@H]1CCCCNC(=O)C[C@@H](C(N)=O)NC(=O)[C@H](C)NC(=O)[C@H](CO)NC(=O)CNC1=O. The number of aliphatic imine (C=N–C) groups is 1. The van der Waals surface area contributed by atoms with Crippen LogP contribution in [-0.2, 0) is 38.4 Å². The van der Waals surface area contributed by atoms with Crippen LogP contribution in [0.2, 0.25) is 0 Å². The fourth-order valence-corrected chi connectivity index (χ4v) is 4.15. The first-order valence-electron chi connectivity index (χ1n) is 14.6. The van der Waals surface area contributed by atoms with Crippen LogP contribution in [0, 0.1) is 0 Å². The quantitative estimate of drug-likeness (QED) is 0.0630. The van der Waals surface area contributed by atoms with Crippen LogP contribution in [0.4, 0.5) is 0 Å². The Morgan fingerprint density at radius 2 is 1.65 bits per heavy atom. The van der Waals surface area contributed by atoms with Crippen molar-refractivity contribution in [2.45, 2.75) is 82.6 Å². The van der Waals surface area contributed by atoms with Gasteiger partial charge in [0.25, 0.3) is 0 Å². The van der Waals surface area contributed by atoms with E-state index in [-0.39, 0.29) is 31.9 Å². The van der Waals surface area contributed by atoms with Gasteiger partial charge in [0.05, 0.1) is 19.6 Å². The van der Waals surface area contributed by atoms with E-state index in [1.807, 2.05) is 0 Å². The molecule has 0 spiro atoms. The van der Waals surface area contributed by atoms with Gasteiger partial charge in [-0.25, -0.2) is 0 Å². The molecule has 0 unspecified atom stereocenters. The zero-order valence-electron chi connectivity index (χ0n) is 25.9. The fourth-order valence-electron chi connectivity index (χ4n) is 4.15. The first kappa shape index (κ1) is 39.0. The van der Waals surface area contributed by atoms with Crippen molar-refractivity contribution in [3.05, 3.63) is 0 Å². The van der Waals surface area contributed by atoms with Gasteiger partial charge in [-0.05, 0) is 39.0 Å². The van der Waals surface area contributed by atoms with Gasteiger partial charge < -0.3 is 59.5 Å². The molecular formula is C26H45N11O9. The predicted octanol–water partition coefficient (Wildman–Crippen LogP) is -6.21. The molecule has 0 bridgehead atoms. The molecule has 1 aliphatic heterocycles. The number of aliphatic hydroxyl groups is 1. The van der Waals surface area contributed by atoms with Gasteiger partial charge in [-0.15, -0.1) is 0 Å². The Kier molecular flexibility index (Phi) is 17.1. The van der Waals surface area contributed by atoms with Crippen molar-refractivity contribution in [1.82, 2.24) is 37.2 Å². The van der Waals surface area contributed by atoms with Gasteiger partial charge in [0.15, 0.2) is 5.96 Å². The van der Waals surface area contributed by atoms with E-state index >= 15 is 0 Å². The number of guanidine groups is 1. The third-order valence-electron chi connectivity index (χ3n) is 6.57. The Bertz CT molecular complexity index is 1160. The van der Waals surface area contributed by atoms with Gasteiger partial charge in [0.1, 0.15) is 30.2 Å². The molecule has 8 amide bonds. The predicted molar refractivity (Wildman–Crippen MR) is 162 cm³/mol. The number of carbonyl (C=O) groups is 8. The van der Waals surface area contributed by atoms with Crippen LogP contribution in [0.15, 0.2) is 4.99 Å². The molecule has 1 rings (SSSR count). The van der Waals surface area contributed by atoms with Crippen LogP contribution < -0.4 is 54.4 Å². The van der Waals surface area contributed by atoms with Crippen LogP contribution in [0.25, 0.3) is 0 Å². The summed E-state index contributed by atoms with van der Waals surface area (Å²) in [4.78, 5) is 104. The highest BCUT2D eigenvalue weighted by Gasteiger charge is 2.29. The van der Waals surface area contributed by atoms with Gasteiger partial charge in [-0.1, -0.05) is 0 Å². The smallest absolute Gasteiger partial charge is 0.245 e. The number of hydrogen-bond acceptors (Lipinski definition) is 10. The molecule has 0 saturated carbocycles. The van der Waals surface area contributed by atoms with Crippen molar-refractivity contribution in [2.75, 3.05) is 26.2 Å². The monoisotopic (exact) mass is 655 g/mol. The Morgan fingerprint density at radius 3 is 2.26 bits per heavy atom. The van der Waals surface area contributed by atoms with E-state index in [2.05, 4.69) is 42.2 Å². The Morgan fingerprint density at radius 1 is 0.957 bits per heavy atom. The average Bonchev–Trinajstić information content (AvgIpc) is 2.97. The summed E-state index contributed by atoms with van der Waals surface area (Å²) in [6.45, 7) is 1.27. The third kappa shape index (κ3) is 15.1. The maximum atomic E-state index is 13.1. The van der Waals surface area contributed by atoms with Crippen molar-refractivity contribution in [2.24, 2.45) is 22.2 Å². The Balaban J connectivity index is 3.13. The second-order valence-corrected chi connectivity index (χ2v) is 10.5. The van der Waals surface area contributed by atoms with E-state index in [1.165, 1.54) is 13.8 Å². The summed E-state index contributed by atoms with van der Waals surface area (Å²) in [5.74, 6) is -6.36. The summed E-state index contributed by atoms with van der Waals surface area (Å²) in [6.07, 6.45) is 0.641. The fraction of sp³-hybridized carbons (Fsp3) is 0.654. The average molecular weight is 656 g/mol. The molecule has 46 heavy (non-hydrogen) atoms. The molecule has 1 heterocycles. The van der Waals surface area contributed by atoms with E-state index in [1.54, 1.807) is 0 Å². The zero-order chi connectivity index (χ0) is 34.8. The topological polar surface area (TPSA) is 331 Å². The zero-order valence-corrected chi connectivity index (χ0v) is 25.9. The molecule has 5 atom stereocenters. The molecule has 0 radical (unpaired) electrons. The van der Waals surface area contributed by atoms with Crippen molar-refractivity contribution in [3.63, 3.8) is 0 Å². The lowest BCUT2D eigenvalue weighted by Crippen LogP contribution is -2.58. The highest BCUT2D eigenvalue weighted by molar-refractivity contribution is 5.96. The van der Waals surface area contributed by atoms with Gasteiger partial charge >= 0.3 is 0 Å². The molecule has 258 valence electrons. The minimum Gasteiger partial charge on any atom is -0.394 e. The van der Waals surface area contributed by atoms with Crippen LogP contribution in [0.3, 0.4) is 0 Å². The van der Waals surface area contributed by atoms with Crippen molar-refractivity contribution in [1.29, 1.82) is 0 Å². The van der Waals surface area contributed by atoms with Gasteiger partial charge in [-0.3, -0.25) is 43.3 Å². The number of nitrogens with one attached hydrogen (secondary N) is 7. The van der Waals surface area contributed by atoms with Crippen LogP contribution in [-0.4, -0.2) is 115 Å². The lowest BCUT2D eigenvalue weighted by atomic mass is 10.1. The van der Waals surface area contributed by atoms with Gasteiger partial charge in [-0.2, -0.15) is 0 Å². The van der Waals surface area contributed by atoms with Crippen LogP contribution in [0.1, 0.15) is 52.4 Å². The maximum absolute atomic E-state index is 13.1. The molecule has 0 aromatic rings. The summed E-state index contributed by atoms with van der Waals surface area (Å²) in [5, 5.41) is 26.4. The largest absolute Gasteiger partial charge is 0.394 e. The molecule has 1 fully saturated rings. The maximum Gasteiger partial charge on any atom is 0.245 e. The van der Waals surface area contributed by atoms with Crippen LogP contribution in [0.5, 0.6) is 0 Å². The van der Waals surface area contributed by atoms with Gasteiger partial charge in [0.2, 0.25) is 47.3 Å². The molecular weight excluding hydrogens is 610 g/mol. The molecule has 1 saturated heterocycles. The highest BCUT2D eigenvalue weighted by Crippen LogP contribution is 2.05.